The van der Waals surface area contributed by atoms with Crippen LogP contribution in [0.25, 0.3) is 5.69 Å². The zero-order chi connectivity index (χ0) is 18.5. The van der Waals surface area contributed by atoms with Crippen LogP contribution >= 0.6 is 39.0 Å². The molecule has 0 N–H and O–H groups in total. The number of para-hydroxylation sites is 1. The zero-order valence-electron chi connectivity index (χ0n) is 14.6. The molecule has 0 bridgehead atoms. The summed E-state index contributed by atoms with van der Waals surface area (Å²) in [6.45, 7) is 5.23. The fraction of sp³-hybridized carbons (Fsp3) is 0.278. The lowest BCUT2D eigenvalue weighted by Gasteiger charge is -2.20. The second-order valence-electron chi connectivity index (χ2n) is 5.60. The van der Waals surface area contributed by atoms with E-state index in [1.54, 1.807) is 11.3 Å². The van der Waals surface area contributed by atoms with Crippen molar-refractivity contribution in [1.82, 2.24) is 19.7 Å². The number of nitrogens with zero attached hydrogens (tertiary/aromatic N) is 4. The first-order chi connectivity index (χ1) is 12.6. The number of hydrogen-bond acceptors (Lipinski definition) is 5. The molecule has 0 aliphatic heterocycles. The lowest BCUT2D eigenvalue weighted by molar-refractivity contribution is -0.128. The molecule has 3 aromatic rings. The molecule has 0 aliphatic rings. The standard InChI is InChI=1S/C18H19BrN4OS2/c1-3-22(11-15-9-10-16(19)26-15)17(24)12-25-18-21-20-13(2)23(18)14-7-5-4-6-8-14/h4-10H,3,11-12H2,1-2H3. The Labute approximate surface area is 169 Å². The lowest BCUT2D eigenvalue weighted by Crippen LogP contribution is -2.31. The third-order valence-corrected chi connectivity index (χ3v) is 6.37. The summed E-state index contributed by atoms with van der Waals surface area (Å²) in [7, 11) is 0. The maximum Gasteiger partial charge on any atom is 0.233 e. The molecule has 0 saturated heterocycles. The van der Waals surface area contributed by atoms with Crippen LogP contribution in [0, 0.1) is 6.92 Å². The second kappa shape index (κ2) is 8.83. The van der Waals surface area contributed by atoms with Crippen LogP contribution in [0.3, 0.4) is 0 Å². The number of thiophene rings is 1. The summed E-state index contributed by atoms with van der Waals surface area (Å²) >= 11 is 6.55. The summed E-state index contributed by atoms with van der Waals surface area (Å²) in [6.07, 6.45) is 0. The predicted molar refractivity (Wildman–Crippen MR) is 110 cm³/mol. The van der Waals surface area contributed by atoms with Crippen molar-refractivity contribution in [2.75, 3.05) is 12.3 Å². The highest BCUT2D eigenvalue weighted by atomic mass is 79.9. The van der Waals surface area contributed by atoms with Gasteiger partial charge in [0.1, 0.15) is 5.82 Å². The van der Waals surface area contributed by atoms with E-state index in [1.165, 1.54) is 16.6 Å². The summed E-state index contributed by atoms with van der Waals surface area (Å²) in [4.78, 5) is 15.7. The van der Waals surface area contributed by atoms with Crippen molar-refractivity contribution < 1.29 is 4.79 Å². The van der Waals surface area contributed by atoms with Gasteiger partial charge in [0.05, 0.1) is 16.1 Å². The van der Waals surface area contributed by atoms with Gasteiger partial charge in [-0.15, -0.1) is 21.5 Å². The van der Waals surface area contributed by atoms with Crippen molar-refractivity contribution in [2.24, 2.45) is 0 Å². The van der Waals surface area contributed by atoms with Crippen LogP contribution < -0.4 is 0 Å². The maximum absolute atomic E-state index is 12.7. The van der Waals surface area contributed by atoms with Crippen LogP contribution in [0.1, 0.15) is 17.6 Å². The van der Waals surface area contributed by atoms with Gasteiger partial charge in [-0.1, -0.05) is 30.0 Å². The first kappa shape index (κ1) is 19.1. The molecule has 0 radical (unpaired) electrons. The minimum atomic E-state index is 0.0993. The van der Waals surface area contributed by atoms with E-state index in [9.17, 15) is 4.79 Å². The van der Waals surface area contributed by atoms with E-state index >= 15 is 0 Å². The molecule has 5 nitrogen and oxygen atoms in total. The van der Waals surface area contributed by atoms with Gasteiger partial charge in [0.15, 0.2) is 5.16 Å². The Hall–Kier alpha value is -1.64. The summed E-state index contributed by atoms with van der Waals surface area (Å²) in [5.41, 5.74) is 1.00. The molecule has 0 atom stereocenters. The topological polar surface area (TPSA) is 51.0 Å². The van der Waals surface area contributed by atoms with Crippen LogP contribution in [-0.2, 0) is 11.3 Å². The first-order valence-corrected chi connectivity index (χ1v) is 10.8. The zero-order valence-corrected chi connectivity index (χ0v) is 17.8. The molecule has 1 amide bonds. The Kier molecular flexibility index (Phi) is 6.50. The SMILES string of the molecule is CCN(Cc1ccc(Br)s1)C(=O)CSc1nnc(C)n1-c1ccccc1. The van der Waals surface area contributed by atoms with E-state index in [0.29, 0.717) is 18.8 Å². The first-order valence-electron chi connectivity index (χ1n) is 8.20. The van der Waals surface area contributed by atoms with Crippen LogP contribution in [0.2, 0.25) is 0 Å². The molecule has 136 valence electrons. The third kappa shape index (κ3) is 4.55. The van der Waals surface area contributed by atoms with E-state index in [4.69, 9.17) is 0 Å². The van der Waals surface area contributed by atoms with Gasteiger partial charge in [-0.25, -0.2) is 0 Å². The molecule has 8 heteroatoms. The number of rotatable bonds is 7. The van der Waals surface area contributed by atoms with Crippen molar-refractivity contribution in [3.63, 3.8) is 0 Å². The number of aryl methyl sites for hydroxylation is 1. The Bertz CT molecular complexity index is 878. The Balaban J connectivity index is 1.67. The average molecular weight is 451 g/mol. The van der Waals surface area contributed by atoms with E-state index in [1.807, 2.05) is 65.8 Å². The van der Waals surface area contributed by atoms with Crippen molar-refractivity contribution in [3.05, 3.63) is 57.0 Å². The minimum absolute atomic E-state index is 0.0993. The molecular formula is C18H19BrN4OS2. The largest absolute Gasteiger partial charge is 0.337 e. The number of hydrogen-bond donors (Lipinski definition) is 0. The van der Waals surface area contributed by atoms with Crippen LogP contribution in [0.5, 0.6) is 0 Å². The Morgan fingerprint density at radius 2 is 2.00 bits per heavy atom. The number of thioether (sulfide) groups is 1. The normalized spacial score (nSPS) is 10.9. The fourth-order valence-corrected chi connectivity index (χ4v) is 4.93. The number of aromatic nitrogens is 3. The third-order valence-electron chi connectivity index (χ3n) is 3.84. The Morgan fingerprint density at radius 3 is 2.65 bits per heavy atom. The van der Waals surface area contributed by atoms with Crippen molar-refractivity contribution in [1.29, 1.82) is 0 Å². The quantitative estimate of drug-likeness (QED) is 0.495. The van der Waals surface area contributed by atoms with Crippen LogP contribution in [0.15, 0.2) is 51.4 Å². The number of benzene rings is 1. The van der Waals surface area contributed by atoms with Gasteiger partial charge >= 0.3 is 0 Å². The predicted octanol–water partition coefficient (Wildman–Crippen LogP) is 4.54. The van der Waals surface area contributed by atoms with Crippen LogP contribution in [0.4, 0.5) is 0 Å². The summed E-state index contributed by atoms with van der Waals surface area (Å²) in [6, 6.07) is 14.0. The number of carbonyl (C=O) groups is 1. The lowest BCUT2D eigenvalue weighted by atomic mass is 10.3. The maximum atomic E-state index is 12.7. The Morgan fingerprint density at radius 1 is 1.23 bits per heavy atom. The molecule has 0 fully saturated rings. The fourth-order valence-electron chi connectivity index (χ4n) is 2.53. The van der Waals surface area contributed by atoms with Crippen LogP contribution in [-0.4, -0.2) is 37.9 Å². The van der Waals surface area contributed by atoms with E-state index in [2.05, 4.69) is 26.1 Å². The summed E-state index contributed by atoms with van der Waals surface area (Å²) < 4.78 is 3.06. The van der Waals surface area contributed by atoms with Gasteiger partial charge in [0.25, 0.3) is 0 Å². The minimum Gasteiger partial charge on any atom is -0.337 e. The van der Waals surface area contributed by atoms with E-state index in [-0.39, 0.29) is 5.91 Å². The van der Waals surface area contributed by atoms with Crippen molar-refractivity contribution in [2.45, 2.75) is 25.5 Å². The van der Waals surface area contributed by atoms with E-state index in [0.717, 1.165) is 20.5 Å². The van der Waals surface area contributed by atoms with Crippen molar-refractivity contribution >= 4 is 44.9 Å². The summed E-state index contributed by atoms with van der Waals surface area (Å²) in [5.74, 6) is 1.25. The number of halogens is 1. The monoisotopic (exact) mass is 450 g/mol. The molecule has 0 unspecified atom stereocenters. The average Bonchev–Trinajstić information content (AvgIpc) is 3.23. The van der Waals surface area contributed by atoms with Gasteiger partial charge in [0.2, 0.25) is 5.91 Å². The molecule has 1 aromatic carbocycles. The molecule has 3 rings (SSSR count). The van der Waals surface area contributed by atoms with Gasteiger partial charge < -0.3 is 4.90 Å². The second-order valence-corrected chi connectivity index (χ2v) is 9.09. The van der Waals surface area contributed by atoms with Gasteiger partial charge in [0, 0.05) is 17.1 Å². The molecule has 2 heterocycles. The smallest absolute Gasteiger partial charge is 0.233 e. The molecule has 0 saturated carbocycles. The number of carbonyl (C=O) groups excluding carboxylic acids is 1. The van der Waals surface area contributed by atoms with Gasteiger partial charge in [-0.2, -0.15) is 0 Å². The molecule has 0 spiro atoms. The summed E-state index contributed by atoms with van der Waals surface area (Å²) in [5, 5.41) is 9.14. The highest BCUT2D eigenvalue weighted by Gasteiger charge is 2.17. The highest BCUT2D eigenvalue weighted by molar-refractivity contribution is 9.11. The van der Waals surface area contributed by atoms with Gasteiger partial charge in [-0.05, 0) is 54.0 Å². The van der Waals surface area contributed by atoms with Crippen molar-refractivity contribution in [3.8, 4) is 5.69 Å². The number of amides is 1. The molecule has 0 aliphatic carbocycles. The molecular weight excluding hydrogens is 432 g/mol. The highest BCUT2D eigenvalue weighted by Crippen LogP contribution is 2.25. The molecule has 2 aromatic heterocycles. The van der Waals surface area contributed by atoms with E-state index < -0.39 is 0 Å². The molecule has 26 heavy (non-hydrogen) atoms. The van der Waals surface area contributed by atoms with Gasteiger partial charge in [-0.3, -0.25) is 9.36 Å².